The van der Waals surface area contributed by atoms with Crippen LogP contribution in [0.5, 0.6) is 5.75 Å². The first kappa shape index (κ1) is 16.2. The van der Waals surface area contributed by atoms with Gasteiger partial charge >= 0.3 is 0 Å². The molecular formula is C21H20FNO. The molecule has 2 N–H and O–H groups in total. The average molecular weight is 321 g/mol. The average Bonchev–Trinajstić information content (AvgIpc) is 2.63. The molecule has 3 rings (SSSR count). The fraction of sp³-hybridized carbons (Fsp3) is 0.143. The molecule has 3 heteroatoms. The van der Waals surface area contributed by atoms with E-state index in [0.717, 1.165) is 22.4 Å². The van der Waals surface area contributed by atoms with Crippen molar-refractivity contribution in [2.45, 2.75) is 19.6 Å². The number of ether oxygens (including phenoxy) is 1. The Balaban J connectivity index is 1.75. The van der Waals surface area contributed by atoms with Crippen LogP contribution in [0.25, 0.3) is 0 Å². The van der Waals surface area contributed by atoms with E-state index in [1.165, 1.54) is 6.07 Å². The fourth-order valence-electron chi connectivity index (χ4n) is 2.53. The molecule has 1 unspecified atom stereocenters. The van der Waals surface area contributed by atoms with Gasteiger partial charge in [-0.15, -0.1) is 0 Å². The zero-order valence-electron chi connectivity index (χ0n) is 13.6. The molecule has 122 valence electrons. The molecule has 0 aliphatic carbocycles. The van der Waals surface area contributed by atoms with E-state index in [1.807, 2.05) is 60.7 Å². The second-order valence-electron chi connectivity index (χ2n) is 5.83. The number of nitrogens with two attached hydrogens (primary N) is 1. The molecule has 0 radical (unpaired) electrons. The number of halogens is 1. The van der Waals surface area contributed by atoms with Crippen LogP contribution < -0.4 is 10.5 Å². The molecule has 0 saturated carbocycles. The summed E-state index contributed by atoms with van der Waals surface area (Å²) in [6.07, 6.45) is 0. The number of benzene rings is 3. The molecule has 2 nitrogen and oxygen atoms in total. The molecule has 3 aromatic rings. The molecule has 1 atom stereocenters. The topological polar surface area (TPSA) is 35.2 Å². The molecule has 24 heavy (non-hydrogen) atoms. The molecule has 0 fully saturated rings. The first-order valence-electron chi connectivity index (χ1n) is 7.92. The monoisotopic (exact) mass is 321 g/mol. The van der Waals surface area contributed by atoms with Crippen LogP contribution >= 0.6 is 0 Å². The van der Waals surface area contributed by atoms with Gasteiger partial charge < -0.3 is 10.5 Å². The van der Waals surface area contributed by atoms with Crippen molar-refractivity contribution in [3.05, 3.63) is 101 Å². The fourth-order valence-corrected chi connectivity index (χ4v) is 2.53. The van der Waals surface area contributed by atoms with Gasteiger partial charge in [-0.3, -0.25) is 0 Å². The van der Waals surface area contributed by atoms with Crippen LogP contribution in [0.2, 0.25) is 0 Å². The quantitative estimate of drug-likeness (QED) is 0.735. The van der Waals surface area contributed by atoms with Gasteiger partial charge in [0.1, 0.15) is 18.2 Å². The third kappa shape index (κ3) is 3.81. The van der Waals surface area contributed by atoms with Crippen LogP contribution in [-0.2, 0) is 6.61 Å². The van der Waals surface area contributed by atoms with Crippen molar-refractivity contribution in [1.29, 1.82) is 0 Å². The maximum atomic E-state index is 13.8. The molecule has 0 aliphatic rings. The molecular weight excluding hydrogens is 301 g/mol. The Hall–Kier alpha value is -2.65. The molecule has 0 aromatic heterocycles. The summed E-state index contributed by atoms with van der Waals surface area (Å²) in [6, 6.07) is 22.3. The lowest BCUT2D eigenvalue weighted by Gasteiger charge is -2.15. The van der Waals surface area contributed by atoms with E-state index in [1.54, 1.807) is 13.0 Å². The predicted molar refractivity (Wildman–Crippen MR) is 94.4 cm³/mol. The first-order valence-corrected chi connectivity index (χ1v) is 7.92. The molecule has 0 aliphatic heterocycles. The summed E-state index contributed by atoms with van der Waals surface area (Å²) in [5.41, 5.74) is 9.65. The standard InChI is InChI=1S/C21H20FNO/c1-15-10-11-18(13-20(15)22)21(23)17-8-5-9-19(12-17)24-14-16-6-3-2-4-7-16/h2-13,21H,14,23H2,1H3. The predicted octanol–water partition coefficient (Wildman–Crippen LogP) is 4.76. The van der Waals surface area contributed by atoms with E-state index in [4.69, 9.17) is 10.5 Å². The Kier molecular flexibility index (Phi) is 4.92. The van der Waals surface area contributed by atoms with Gasteiger partial charge in [-0.2, -0.15) is 0 Å². The summed E-state index contributed by atoms with van der Waals surface area (Å²) in [5, 5.41) is 0. The SMILES string of the molecule is Cc1ccc(C(N)c2cccc(OCc3ccccc3)c2)cc1F. The van der Waals surface area contributed by atoms with Gasteiger partial charge in [0.15, 0.2) is 0 Å². The summed E-state index contributed by atoms with van der Waals surface area (Å²) in [4.78, 5) is 0. The minimum absolute atomic E-state index is 0.237. The van der Waals surface area contributed by atoms with E-state index in [-0.39, 0.29) is 11.9 Å². The van der Waals surface area contributed by atoms with Crippen molar-refractivity contribution < 1.29 is 9.13 Å². The van der Waals surface area contributed by atoms with Crippen LogP contribution in [0.15, 0.2) is 72.8 Å². The Morgan fingerprint density at radius 3 is 2.42 bits per heavy atom. The summed E-state index contributed by atoms with van der Waals surface area (Å²) in [7, 11) is 0. The Morgan fingerprint density at radius 1 is 0.917 bits per heavy atom. The van der Waals surface area contributed by atoms with E-state index >= 15 is 0 Å². The van der Waals surface area contributed by atoms with E-state index in [2.05, 4.69) is 0 Å². The highest BCUT2D eigenvalue weighted by molar-refractivity contribution is 5.37. The second kappa shape index (κ2) is 7.28. The van der Waals surface area contributed by atoms with Gasteiger partial charge in [0, 0.05) is 0 Å². The van der Waals surface area contributed by atoms with Crippen molar-refractivity contribution in [3.63, 3.8) is 0 Å². The molecule has 3 aromatic carbocycles. The minimum atomic E-state index is -0.389. The highest BCUT2D eigenvalue weighted by Gasteiger charge is 2.11. The lowest BCUT2D eigenvalue weighted by molar-refractivity contribution is 0.306. The lowest BCUT2D eigenvalue weighted by Crippen LogP contribution is -2.12. The highest BCUT2D eigenvalue weighted by Crippen LogP contribution is 2.25. The van der Waals surface area contributed by atoms with Crippen LogP contribution in [-0.4, -0.2) is 0 Å². The number of rotatable bonds is 5. The Bertz CT molecular complexity index is 817. The smallest absolute Gasteiger partial charge is 0.126 e. The Labute approximate surface area is 141 Å². The van der Waals surface area contributed by atoms with Gasteiger partial charge in [0.05, 0.1) is 6.04 Å². The lowest BCUT2D eigenvalue weighted by atomic mass is 9.98. The normalized spacial score (nSPS) is 12.0. The van der Waals surface area contributed by atoms with Gasteiger partial charge in [0.2, 0.25) is 0 Å². The van der Waals surface area contributed by atoms with Gasteiger partial charge in [-0.1, -0.05) is 54.6 Å². The molecule has 0 spiro atoms. The molecule has 0 bridgehead atoms. The Morgan fingerprint density at radius 2 is 1.67 bits per heavy atom. The van der Waals surface area contributed by atoms with Crippen molar-refractivity contribution in [2.24, 2.45) is 5.73 Å². The van der Waals surface area contributed by atoms with Crippen LogP contribution in [0.4, 0.5) is 4.39 Å². The van der Waals surface area contributed by atoms with E-state index < -0.39 is 0 Å². The van der Waals surface area contributed by atoms with Crippen LogP contribution in [0.3, 0.4) is 0 Å². The van der Waals surface area contributed by atoms with Crippen LogP contribution in [0, 0.1) is 12.7 Å². The first-order chi connectivity index (χ1) is 11.6. The largest absolute Gasteiger partial charge is 0.489 e. The van der Waals surface area contributed by atoms with Gasteiger partial charge in [-0.05, 0) is 47.4 Å². The van der Waals surface area contributed by atoms with Crippen molar-refractivity contribution >= 4 is 0 Å². The summed E-state index contributed by atoms with van der Waals surface area (Å²) in [5.74, 6) is 0.513. The minimum Gasteiger partial charge on any atom is -0.489 e. The number of hydrogen-bond donors (Lipinski definition) is 1. The third-order valence-corrected chi connectivity index (χ3v) is 4.02. The number of aryl methyl sites for hydroxylation is 1. The van der Waals surface area contributed by atoms with Gasteiger partial charge in [0.25, 0.3) is 0 Å². The van der Waals surface area contributed by atoms with Crippen molar-refractivity contribution in [1.82, 2.24) is 0 Å². The number of hydrogen-bond acceptors (Lipinski definition) is 2. The molecule has 0 saturated heterocycles. The summed E-state index contributed by atoms with van der Waals surface area (Å²) in [6.45, 7) is 2.24. The summed E-state index contributed by atoms with van der Waals surface area (Å²) < 4.78 is 19.6. The van der Waals surface area contributed by atoms with Crippen molar-refractivity contribution in [3.8, 4) is 5.75 Å². The maximum absolute atomic E-state index is 13.8. The highest BCUT2D eigenvalue weighted by atomic mass is 19.1. The van der Waals surface area contributed by atoms with Crippen LogP contribution in [0.1, 0.15) is 28.3 Å². The summed E-state index contributed by atoms with van der Waals surface area (Å²) >= 11 is 0. The van der Waals surface area contributed by atoms with Crippen molar-refractivity contribution in [2.75, 3.05) is 0 Å². The third-order valence-electron chi connectivity index (χ3n) is 4.02. The second-order valence-corrected chi connectivity index (χ2v) is 5.83. The molecule has 0 heterocycles. The van der Waals surface area contributed by atoms with E-state index in [9.17, 15) is 4.39 Å². The molecule has 0 amide bonds. The zero-order valence-corrected chi connectivity index (χ0v) is 13.6. The van der Waals surface area contributed by atoms with Gasteiger partial charge in [-0.25, -0.2) is 4.39 Å². The zero-order chi connectivity index (χ0) is 16.9. The van der Waals surface area contributed by atoms with E-state index in [0.29, 0.717) is 12.2 Å². The maximum Gasteiger partial charge on any atom is 0.126 e.